The summed E-state index contributed by atoms with van der Waals surface area (Å²) in [6.45, 7) is 3.29. The number of rotatable bonds is 2. The standard InChI is InChI=1S/C19H23N3O3/c1-21-8-10-22(11-9-21)18(23)17-13-5-2-4-12(13)16-14(19(24)25)6-3-7-15(16)20-17/h2-4,6-7,12-13,17,20H,5,8-11H2,1H3,(H,24,25). The van der Waals surface area contributed by atoms with Crippen molar-refractivity contribution >= 4 is 17.6 Å². The summed E-state index contributed by atoms with van der Waals surface area (Å²) >= 11 is 0. The maximum atomic E-state index is 13.1. The highest BCUT2D eigenvalue weighted by molar-refractivity contribution is 5.94. The number of aromatic carboxylic acids is 1. The number of allylic oxidation sites excluding steroid dienone is 2. The molecule has 0 saturated carbocycles. The van der Waals surface area contributed by atoms with Gasteiger partial charge in [0.2, 0.25) is 5.91 Å². The molecule has 1 aromatic rings. The molecule has 3 aliphatic rings. The van der Waals surface area contributed by atoms with Gasteiger partial charge in [0.15, 0.2) is 0 Å². The molecule has 0 radical (unpaired) electrons. The van der Waals surface area contributed by atoms with E-state index in [2.05, 4.69) is 29.4 Å². The molecule has 3 unspecified atom stereocenters. The van der Waals surface area contributed by atoms with Crippen LogP contribution in [0.15, 0.2) is 30.4 Å². The maximum absolute atomic E-state index is 13.1. The Morgan fingerprint density at radius 1 is 1.20 bits per heavy atom. The van der Waals surface area contributed by atoms with E-state index in [1.807, 2.05) is 11.0 Å². The molecule has 4 rings (SSSR count). The molecule has 132 valence electrons. The first-order valence-electron chi connectivity index (χ1n) is 8.83. The SMILES string of the molecule is CN1CCN(C(=O)C2Nc3cccc(C(=O)O)c3C3C=CCC23)CC1. The Labute approximate surface area is 147 Å². The lowest BCUT2D eigenvalue weighted by molar-refractivity contribution is -0.134. The van der Waals surface area contributed by atoms with Gasteiger partial charge < -0.3 is 20.2 Å². The van der Waals surface area contributed by atoms with E-state index in [0.29, 0.717) is 5.56 Å². The summed E-state index contributed by atoms with van der Waals surface area (Å²) in [5.41, 5.74) is 1.92. The molecule has 6 nitrogen and oxygen atoms in total. The number of carboxylic acid groups (broad SMARTS) is 1. The van der Waals surface area contributed by atoms with Crippen molar-refractivity contribution < 1.29 is 14.7 Å². The first-order valence-corrected chi connectivity index (χ1v) is 8.83. The minimum Gasteiger partial charge on any atom is -0.478 e. The van der Waals surface area contributed by atoms with Crippen LogP contribution in [0, 0.1) is 5.92 Å². The number of nitrogens with zero attached hydrogens (tertiary/aromatic N) is 2. The Bertz CT molecular complexity index is 737. The van der Waals surface area contributed by atoms with Gasteiger partial charge in [0.05, 0.1) is 5.56 Å². The minimum atomic E-state index is -0.915. The molecule has 2 N–H and O–H groups in total. The molecule has 1 fully saturated rings. The van der Waals surface area contributed by atoms with Crippen LogP contribution in [0.1, 0.15) is 28.3 Å². The number of benzene rings is 1. The van der Waals surface area contributed by atoms with Gasteiger partial charge in [-0.15, -0.1) is 0 Å². The number of piperazine rings is 1. The van der Waals surface area contributed by atoms with Gasteiger partial charge in [-0.1, -0.05) is 18.2 Å². The molecule has 3 atom stereocenters. The van der Waals surface area contributed by atoms with E-state index in [4.69, 9.17) is 0 Å². The molecule has 1 aliphatic carbocycles. The monoisotopic (exact) mass is 341 g/mol. The zero-order chi connectivity index (χ0) is 17.6. The topological polar surface area (TPSA) is 72.9 Å². The van der Waals surface area contributed by atoms with Crippen molar-refractivity contribution in [3.63, 3.8) is 0 Å². The van der Waals surface area contributed by atoms with E-state index in [9.17, 15) is 14.7 Å². The van der Waals surface area contributed by atoms with E-state index in [1.54, 1.807) is 12.1 Å². The molecule has 6 heteroatoms. The fourth-order valence-electron chi connectivity index (χ4n) is 4.31. The largest absolute Gasteiger partial charge is 0.478 e. The van der Waals surface area contributed by atoms with E-state index < -0.39 is 5.97 Å². The first-order chi connectivity index (χ1) is 12.1. The molecule has 1 saturated heterocycles. The first kappa shape index (κ1) is 16.1. The summed E-state index contributed by atoms with van der Waals surface area (Å²) in [5, 5.41) is 12.9. The van der Waals surface area contributed by atoms with Crippen LogP contribution in [0.4, 0.5) is 5.69 Å². The highest BCUT2D eigenvalue weighted by Gasteiger charge is 2.43. The second-order valence-corrected chi connectivity index (χ2v) is 7.18. The third-order valence-corrected chi connectivity index (χ3v) is 5.70. The van der Waals surface area contributed by atoms with Crippen LogP contribution in [0.2, 0.25) is 0 Å². The summed E-state index contributed by atoms with van der Waals surface area (Å²) in [6, 6.07) is 4.98. The maximum Gasteiger partial charge on any atom is 0.336 e. The zero-order valence-electron chi connectivity index (χ0n) is 14.3. The third kappa shape index (κ3) is 2.70. The molecule has 1 amide bonds. The van der Waals surface area contributed by atoms with E-state index in [1.165, 1.54) is 0 Å². The van der Waals surface area contributed by atoms with Gasteiger partial charge in [0.1, 0.15) is 6.04 Å². The molecule has 0 bridgehead atoms. The van der Waals surface area contributed by atoms with Crippen LogP contribution in [0.25, 0.3) is 0 Å². The van der Waals surface area contributed by atoms with E-state index in [-0.39, 0.29) is 23.8 Å². The molecule has 2 aliphatic heterocycles. The Morgan fingerprint density at radius 3 is 2.68 bits per heavy atom. The Balaban J connectivity index is 1.65. The minimum absolute atomic E-state index is 0.00929. The number of fused-ring (bicyclic) bond motifs is 3. The van der Waals surface area contributed by atoms with Crippen LogP contribution in [0.3, 0.4) is 0 Å². The Hall–Kier alpha value is -2.34. The quantitative estimate of drug-likeness (QED) is 0.800. The normalized spacial score (nSPS) is 28.2. The Morgan fingerprint density at radius 2 is 1.96 bits per heavy atom. The lowest BCUT2D eigenvalue weighted by Crippen LogP contribution is -2.54. The number of hydrogen-bond donors (Lipinski definition) is 2. The number of anilines is 1. The molecular weight excluding hydrogens is 318 g/mol. The second kappa shape index (κ2) is 6.19. The number of likely N-dealkylation sites (N-methyl/N-ethyl adjacent to an activating group) is 1. The highest BCUT2D eigenvalue weighted by Crippen LogP contribution is 2.46. The van der Waals surface area contributed by atoms with Gasteiger partial charge in [-0.3, -0.25) is 4.79 Å². The fourth-order valence-corrected chi connectivity index (χ4v) is 4.31. The van der Waals surface area contributed by atoms with Crippen LogP contribution in [-0.2, 0) is 4.79 Å². The predicted octanol–water partition coefficient (Wildman–Crippen LogP) is 1.61. The van der Waals surface area contributed by atoms with Crippen LogP contribution in [0.5, 0.6) is 0 Å². The van der Waals surface area contributed by atoms with Crippen molar-refractivity contribution in [1.29, 1.82) is 0 Å². The van der Waals surface area contributed by atoms with Crippen molar-refractivity contribution in [2.24, 2.45) is 5.92 Å². The summed E-state index contributed by atoms with van der Waals surface area (Å²) in [5.74, 6) is -0.704. The van der Waals surface area contributed by atoms with Crippen molar-refractivity contribution in [3.05, 3.63) is 41.5 Å². The van der Waals surface area contributed by atoms with Gasteiger partial charge in [-0.25, -0.2) is 4.79 Å². The number of carbonyl (C=O) groups is 2. The lowest BCUT2D eigenvalue weighted by atomic mass is 9.77. The molecular formula is C19H23N3O3. The summed E-state index contributed by atoms with van der Waals surface area (Å²) in [6.07, 6.45) is 4.95. The van der Waals surface area contributed by atoms with Crippen molar-refractivity contribution in [3.8, 4) is 0 Å². The molecule has 1 aromatic carbocycles. The molecule has 0 aromatic heterocycles. The average Bonchev–Trinajstić information content (AvgIpc) is 3.10. The summed E-state index contributed by atoms with van der Waals surface area (Å²) < 4.78 is 0. The van der Waals surface area contributed by atoms with Gasteiger partial charge in [-0.05, 0) is 31.2 Å². The van der Waals surface area contributed by atoms with Gasteiger partial charge in [0.25, 0.3) is 0 Å². The summed E-state index contributed by atoms with van der Waals surface area (Å²) in [7, 11) is 2.07. The predicted molar refractivity (Wildman–Crippen MR) is 94.9 cm³/mol. The number of carbonyl (C=O) groups excluding carboxylic acids is 1. The number of amides is 1. The molecule has 25 heavy (non-hydrogen) atoms. The van der Waals surface area contributed by atoms with Gasteiger partial charge in [0, 0.05) is 43.7 Å². The van der Waals surface area contributed by atoms with Crippen molar-refractivity contribution in [2.75, 3.05) is 38.5 Å². The fraction of sp³-hybridized carbons (Fsp3) is 0.474. The zero-order valence-corrected chi connectivity index (χ0v) is 14.3. The number of carboxylic acids is 1. The van der Waals surface area contributed by atoms with Crippen molar-refractivity contribution in [1.82, 2.24) is 9.80 Å². The number of nitrogens with one attached hydrogen (secondary N) is 1. The van der Waals surface area contributed by atoms with Crippen LogP contribution < -0.4 is 5.32 Å². The lowest BCUT2D eigenvalue weighted by Gasteiger charge is -2.41. The second-order valence-electron chi connectivity index (χ2n) is 7.18. The molecule has 2 heterocycles. The van der Waals surface area contributed by atoms with Gasteiger partial charge in [-0.2, -0.15) is 0 Å². The van der Waals surface area contributed by atoms with Crippen molar-refractivity contribution in [2.45, 2.75) is 18.4 Å². The van der Waals surface area contributed by atoms with Crippen LogP contribution >= 0.6 is 0 Å². The highest BCUT2D eigenvalue weighted by atomic mass is 16.4. The van der Waals surface area contributed by atoms with E-state index in [0.717, 1.165) is 43.9 Å². The number of hydrogen-bond acceptors (Lipinski definition) is 4. The smallest absolute Gasteiger partial charge is 0.336 e. The van der Waals surface area contributed by atoms with Crippen LogP contribution in [-0.4, -0.2) is 66.1 Å². The van der Waals surface area contributed by atoms with E-state index >= 15 is 0 Å². The average molecular weight is 341 g/mol. The summed E-state index contributed by atoms with van der Waals surface area (Å²) in [4.78, 5) is 28.9. The third-order valence-electron chi connectivity index (χ3n) is 5.70. The Kier molecular flexibility index (Phi) is 4.00. The molecule has 0 spiro atoms. The van der Waals surface area contributed by atoms with Gasteiger partial charge >= 0.3 is 5.97 Å².